The SMILES string of the molecule is CCOc1ccccc1/C=C(/NC(=O)c1ccccc1)C(=O)Nc1cccc(SC(CC)C(=O)Nc2cc(Cl)cc(Cl)c2)c1. The molecule has 226 valence electrons. The fraction of sp³-hybridized carbons (Fsp3) is 0.147. The number of ether oxygens (including phenoxy) is 1. The summed E-state index contributed by atoms with van der Waals surface area (Å²) in [5.74, 6) is -0.572. The molecule has 0 heterocycles. The Morgan fingerprint density at radius 2 is 1.52 bits per heavy atom. The fourth-order valence-corrected chi connectivity index (χ4v) is 5.70. The number of rotatable bonds is 12. The Hall–Kier alpha value is -4.24. The van der Waals surface area contributed by atoms with Crippen LogP contribution in [0.3, 0.4) is 0 Å². The number of thioether (sulfide) groups is 1. The van der Waals surface area contributed by atoms with Crippen LogP contribution in [0.5, 0.6) is 5.75 Å². The van der Waals surface area contributed by atoms with Crippen molar-refractivity contribution in [2.24, 2.45) is 0 Å². The van der Waals surface area contributed by atoms with Gasteiger partial charge in [-0.15, -0.1) is 11.8 Å². The topological polar surface area (TPSA) is 96.5 Å². The van der Waals surface area contributed by atoms with Crippen molar-refractivity contribution >= 4 is 70.1 Å². The monoisotopic (exact) mass is 647 g/mol. The summed E-state index contributed by atoms with van der Waals surface area (Å²) in [5, 5.41) is 8.92. The molecule has 3 amide bonds. The number of benzene rings is 4. The maximum Gasteiger partial charge on any atom is 0.272 e. The van der Waals surface area contributed by atoms with Crippen molar-refractivity contribution in [3.8, 4) is 5.75 Å². The first-order chi connectivity index (χ1) is 21.2. The smallest absolute Gasteiger partial charge is 0.272 e. The minimum absolute atomic E-state index is 0.0371. The molecule has 0 aromatic heterocycles. The van der Waals surface area contributed by atoms with Crippen molar-refractivity contribution < 1.29 is 19.1 Å². The van der Waals surface area contributed by atoms with Gasteiger partial charge in [-0.05, 0) is 74.0 Å². The molecular formula is C34H31Cl2N3O4S. The molecule has 0 radical (unpaired) electrons. The van der Waals surface area contributed by atoms with Gasteiger partial charge in [0.25, 0.3) is 11.8 Å². The van der Waals surface area contributed by atoms with Gasteiger partial charge < -0.3 is 20.7 Å². The molecule has 0 aliphatic rings. The molecule has 4 aromatic rings. The minimum Gasteiger partial charge on any atom is -0.493 e. The summed E-state index contributed by atoms with van der Waals surface area (Å²) in [4.78, 5) is 40.4. The third-order valence-electron chi connectivity index (χ3n) is 6.21. The Morgan fingerprint density at radius 3 is 2.23 bits per heavy atom. The van der Waals surface area contributed by atoms with Crippen LogP contribution in [0, 0.1) is 0 Å². The second-order valence-electron chi connectivity index (χ2n) is 9.49. The van der Waals surface area contributed by atoms with Crippen molar-refractivity contribution in [1.29, 1.82) is 0 Å². The number of amides is 3. The van der Waals surface area contributed by atoms with E-state index in [1.807, 2.05) is 38.1 Å². The number of hydrogen-bond acceptors (Lipinski definition) is 5. The van der Waals surface area contributed by atoms with E-state index in [0.717, 1.165) is 4.90 Å². The van der Waals surface area contributed by atoms with Crippen LogP contribution in [0.1, 0.15) is 36.2 Å². The maximum absolute atomic E-state index is 13.6. The third kappa shape index (κ3) is 9.38. The lowest BCUT2D eigenvalue weighted by Crippen LogP contribution is -2.30. The number of halogens is 2. The Morgan fingerprint density at radius 1 is 0.818 bits per heavy atom. The van der Waals surface area contributed by atoms with Crippen molar-refractivity contribution in [1.82, 2.24) is 5.32 Å². The average molecular weight is 649 g/mol. The Kier molecular flexibility index (Phi) is 11.9. The number of nitrogens with one attached hydrogen (secondary N) is 3. The zero-order valence-electron chi connectivity index (χ0n) is 24.1. The summed E-state index contributed by atoms with van der Waals surface area (Å²) in [5.41, 5.74) is 2.09. The van der Waals surface area contributed by atoms with E-state index in [2.05, 4.69) is 16.0 Å². The zero-order valence-corrected chi connectivity index (χ0v) is 26.4. The van der Waals surface area contributed by atoms with Crippen LogP contribution in [-0.4, -0.2) is 29.6 Å². The highest BCUT2D eigenvalue weighted by molar-refractivity contribution is 8.00. The molecular weight excluding hydrogens is 617 g/mol. The van der Waals surface area contributed by atoms with Gasteiger partial charge in [0.1, 0.15) is 11.4 Å². The predicted octanol–water partition coefficient (Wildman–Crippen LogP) is 8.31. The standard InChI is InChI=1S/C34H31Cl2N3O4S/c1-3-31(34(42)38-27-19-24(35)18-25(36)20-27)44-28-15-10-14-26(21-28)37-33(41)29(39-32(40)22-11-6-5-7-12-22)17-23-13-8-9-16-30(23)43-4-2/h5-21,31H,3-4H2,1-2H3,(H,37,41)(H,38,42)(H,39,40)/b29-17+. The van der Waals surface area contributed by atoms with Gasteiger partial charge in [0, 0.05) is 37.4 Å². The molecule has 44 heavy (non-hydrogen) atoms. The van der Waals surface area contributed by atoms with E-state index >= 15 is 0 Å². The highest BCUT2D eigenvalue weighted by Crippen LogP contribution is 2.30. The molecule has 0 saturated carbocycles. The summed E-state index contributed by atoms with van der Waals surface area (Å²) in [6.45, 7) is 4.23. The summed E-state index contributed by atoms with van der Waals surface area (Å²) in [6.07, 6.45) is 2.14. The van der Waals surface area contributed by atoms with Gasteiger partial charge in [-0.3, -0.25) is 14.4 Å². The highest BCUT2D eigenvalue weighted by atomic mass is 35.5. The van der Waals surface area contributed by atoms with Crippen molar-refractivity contribution in [3.63, 3.8) is 0 Å². The van der Waals surface area contributed by atoms with E-state index in [0.29, 0.717) is 51.3 Å². The summed E-state index contributed by atoms with van der Waals surface area (Å²) < 4.78 is 5.72. The van der Waals surface area contributed by atoms with E-state index in [1.165, 1.54) is 11.8 Å². The largest absolute Gasteiger partial charge is 0.493 e. The minimum atomic E-state index is -0.523. The Bertz CT molecular complexity index is 1640. The molecule has 0 aliphatic carbocycles. The van der Waals surface area contributed by atoms with Crippen molar-refractivity contribution in [2.45, 2.75) is 30.4 Å². The second-order valence-corrected chi connectivity index (χ2v) is 11.6. The molecule has 1 atom stereocenters. The number of anilines is 2. The van der Waals surface area contributed by atoms with Gasteiger partial charge in [-0.25, -0.2) is 0 Å². The average Bonchev–Trinajstić information content (AvgIpc) is 3.00. The van der Waals surface area contributed by atoms with E-state index in [1.54, 1.807) is 78.9 Å². The summed E-state index contributed by atoms with van der Waals surface area (Å²) >= 11 is 13.5. The fourth-order valence-electron chi connectivity index (χ4n) is 4.17. The normalized spacial score (nSPS) is 11.8. The van der Waals surface area contributed by atoms with Gasteiger partial charge in [-0.2, -0.15) is 0 Å². The quantitative estimate of drug-likeness (QED) is 0.106. The van der Waals surface area contributed by atoms with Crippen LogP contribution in [0.15, 0.2) is 108 Å². The van der Waals surface area contributed by atoms with E-state index in [4.69, 9.17) is 27.9 Å². The lowest BCUT2D eigenvalue weighted by atomic mass is 10.1. The van der Waals surface area contributed by atoms with Crippen molar-refractivity contribution in [2.75, 3.05) is 17.2 Å². The molecule has 0 saturated heterocycles. The van der Waals surface area contributed by atoms with Crippen LogP contribution in [0.4, 0.5) is 11.4 Å². The van der Waals surface area contributed by atoms with Gasteiger partial charge in [0.2, 0.25) is 5.91 Å². The molecule has 0 bridgehead atoms. The van der Waals surface area contributed by atoms with E-state index in [-0.39, 0.29) is 11.6 Å². The first-order valence-corrected chi connectivity index (χ1v) is 15.5. The van der Waals surface area contributed by atoms with Gasteiger partial charge in [-0.1, -0.05) is 72.6 Å². The van der Waals surface area contributed by atoms with E-state index < -0.39 is 17.1 Å². The molecule has 0 fully saturated rings. The number of carbonyl (C=O) groups is 3. The molecule has 4 rings (SSSR count). The highest BCUT2D eigenvalue weighted by Gasteiger charge is 2.20. The predicted molar refractivity (Wildman–Crippen MR) is 180 cm³/mol. The lowest BCUT2D eigenvalue weighted by molar-refractivity contribution is -0.116. The molecule has 0 spiro atoms. The molecule has 0 aliphatic heterocycles. The Balaban J connectivity index is 1.53. The molecule has 1 unspecified atom stereocenters. The van der Waals surface area contributed by atoms with Crippen LogP contribution in [0.25, 0.3) is 6.08 Å². The van der Waals surface area contributed by atoms with Crippen molar-refractivity contribution in [3.05, 3.63) is 124 Å². The summed E-state index contributed by atoms with van der Waals surface area (Å²) in [7, 11) is 0. The van der Waals surface area contributed by atoms with Crippen LogP contribution < -0.4 is 20.7 Å². The van der Waals surface area contributed by atoms with E-state index in [9.17, 15) is 14.4 Å². The number of carbonyl (C=O) groups excluding carboxylic acids is 3. The first kappa shape index (κ1) is 32.7. The number of hydrogen-bond donors (Lipinski definition) is 3. The molecule has 3 N–H and O–H groups in total. The first-order valence-electron chi connectivity index (χ1n) is 13.9. The summed E-state index contributed by atoms with van der Waals surface area (Å²) in [6, 6.07) is 27.9. The number of para-hydroxylation sites is 1. The third-order valence-corrected chi connectivity index (χ3v) is 8.01. The van der Waals surface area contributed by atoms with Gasteiger partial charge in [0.15, 0.2) is 0 Å². The molecule has 4 aromatic carbocycles. The second kappa shape index (κ2) is 16.0. The van der Waals surface area contributed by atoms with Crippen LogP contribution in [-0.2, 0) is 9.59 Å². The zero-order chi connectivity index (χ0) is 31.5. The lowest BCUT2D eigenvalue weighted by Gasteiger charge is -2.16. The Labute approximate surface area is 271 Å². The molecule has 10 heteroatoms. The van der Waals surface area contributed by atoms with Crippen LogP contribution in [0.2, 0.25) is 10.0 Å². The maximum atomic E-state index is 13.6. The molecule has 7 nitrogen and oxygen atoms in total. The van der Waals surface area contributed by atoms with Gasteiger partial charge in [0.05, 0.1) is 11.9 Å². The van der Waals surface area contributed by atoms with Crippen LogP contribution >= 0.6 is 35.0 Å². The van der Waals surface area contributed by atoms with Gasteiger partial charge >= 0.3 is 0 Å².